The summed E-state index contributed by atoms with van der Waals surface area (Å²) in [6.45, 7) is 0. The molecular formula is C13H8BrFN2O4. The fourth-order valence-corrected chi connectivity index (χ4v) is 2.09. The first kappa shape index (κ1) is 14.9. The lowest BCUT2D eigenvalue weighted by molar-refractivity contribution is -0.384. The molecule has 0 atom stereocenters. The number of benzene rings is 2. The van der Waals surface area contributed by atoms with Crippen LogP contribution in [0.3, 0.4) is 0 Å². The molecule has 0 bridgehead atoms. The average molecular weight is 355 g/mol. The predicted molar refractivity (Wildman–Crippen MR) is 76.8 cm³/mol. The summed E-state index contributed by atoms with van der Waals surface area (Å²) in [7, 11) is 0. The van der Waals surface area contributed by atoms with E-state index in [0.29, 0.717) is 4.47 Å². The van der Waals surface area contributed by atoms with Crippen LogP contribution >= 0.6 is 15.9 Å². The number of halogens is 2. The Morgan fingerprint density at radius 3 is 2.62 bits per heavy atom. The molecule has 0 heterocycles. The van der Waals surface area contributed by atoms with Crippen molar-refractivity contribution < 1.29 is 19.2 Å². The van der Waals surface area contributed by atoms with Crippen molar-refractivity contribution in [1.29, 1.82) is 0 Å². The van der Waals surface area contributed by atoms with Crippen LogP contribution in [0.15, 0.2) is 40.9 Å². The molecule has 6 nitrogen and oxygen atoms in total. The fourth-order valence-electron chi connectivity index (χ4n) is 1.61. The lowest BCUT2D eigenvalue weighted by Crippen LogP contribution is -2.13. The zero-order chi connectivity index (χ0) is 15.6. The van der Waals surface area contributed by atoms with E-state index in [1.54, 1.807) is 0 Å². The van der Waals surface area contributed by atoms with Crippen LogP contribution < -0.4 is 5.32 Å². The smallest absolute Gasteiger partial charge is 0.271 e. The third-order valence-corrected chi connectivity index (χ3v) is 3.01. The normalized spacial score (nSPS) is 10.2. The van der Waals surface area contributed by atoms with Gasteiger partial charge in [0.15, 0.2) is 0 Å². The molecule has 2 aromatic carbocycles. The second kappa shape index (κ2) is 5.88. The van der Waals surface area contributed by atoms with Crippen LogP contribution in [0.1, 0.15) is 10.4 Å². The largest absolute Gasteiger partial charge is 0.508 e. The van der Waals surface area contributed by atoms with Crippen molar-refractivity contribution in [3.63, 3.8) is 0 Å². The van der Waals surface area contributed by atoms with Gasteiger partial charge in [0.1, 0.15) is 11.6 Å². The molecule has 2 rings (SSSR count). The number of non-ortho nitro benzene ring substituents is 1. The highest BCUT2D eigenvalue weighted by molar-refractivity contribution is 9.10. The van der Waals surface area contributed by atoms with Crippen LogP contribution in [0.5, 0.6) is 5.75 Å². The van der Waals surface area contributed by atoms with Crippen LogP contribution in [-0.2, 0) is 0 Å². The Morgan fingerprint density at radius 2 is 2.00 bits per heavy atom. The van der Waals surface area contributed by atoms with Gasteiger partial charge in [0.2, 0.25) is 0 Å². The molecule has 0 fully saturated rings. The summed E-state index contributed by atoms with van der Waals surface area (Å²) >= 11 is 3.07. The van der Waals surface area contributed by atoms with E-state index in [2.05, 4.69) is 21.2 Å². The average Bonchev–Trinajstić information content (AvgIpc) is 2.41. The maximum absolute atomic E-state index is 13.5. The summed E-state index contributed by atoms with van der Waals surface area (Å²) in [5.74, 6) is -1.79. The van der Waals surface area contributed by atoms with Crippen molar-refractivity contribution in [3.8, 4) is 5.75 Å². The van der Waals surface area contributed by atoms with E-state index < -0.39 is 16.6 Å². The highest BCUT2D eigenvalue weighted by atomic mass is 79.9. The predicted octanol–water partition coefficient (Wildman–Crippen LogP) is 3.45. The molecular weight excluding hydrogens is 347 g/mol. The summed E-state index contributed by atoms with van der Waals surface area (Å²) in [5.41, 5.74) is -0.398. The highest BCUT2D eigenvalue weighted by Crippen LogP contribution is 2.24. The Morgan fingerprint density at radius 1 is 1.29 bits per heavy atom. The molecule has 0 aliphatic heterocycles. The number of nitrogens with zero attached hydrogens (tertiary/aromatic N) is 1. The number of amides is 1. The van der Waals surface area contributed by atoms with Gasteiger partial charge in [0.05, 0.1) is 10.6 Å². The van der Waals surface area contributed by atoms with Gasteiger partial charge in [-0.15, -0.1) is 0 Å². The van der Waals surface area contributed by atoms with Crippen molar-refractivity contribution in [2.24, 2.45) is 0 Å². The zero-order valence-corrected chi connectivity index (χ0v) is 11.9. The fraction of sp³-hybridized carbons (Fsp3) is 0. The lowest BCUT2D eigenvalue weighted by Gasteiger charge is -2.07. The second-order valence-corrected chi connectivity index (χ2v) is 4.99. The number of rotatable bonds is 3. The molecule has 2 aromatic rings. The van der Waals surface area contributed by atoms with Crippen LogP contribution in [0.4, 0.5) is 15.8 Å². The molecule has 0 unspecified atom stereocenters. The number of hydrogen-bond donors (Lipinski definition) is 2. The Hall–Kier alpha value is -2.48. The third kappa shape index (κ3) is 3.54. The Labute approximate surface area is 126 Å². The van der Waals surface area contributed by atoms with Gasteiger partial charge in [-0.25, -0.2) is 4.39 Å². The number of hydrogen-bond acceptors (Lipinski definition) is 4. The SMILES string of the molecule is O=C(Nc1ccc(O)cc1F)c1cc(Br)cc([N+](=O)[O-])c1. The maximum atomic E-state index is 13.5. The first-order chi connectivity index (χ1) is 9.86. The van der Waals surface area contributed by atoms with Crippen molar-refractivity contribution in [2.45, 2.75) is 0 Å². The molecule has 0 aliphatic carbocycles. The molecule has 108 valence electrons. The van der Waals surface area contributed by atoms with E-state index in [1.165, 1.54) is 24.3 Å². The molecule has 0 aromatic heterocycles. The summed E-state index contributed by atoms with van der Waals surface area (Å²) in [6.07, 6.45) is 0. The molecule has 8 heteroatoms. The van der Waals surface area contributed by atoms with E-state index >= 15 is 0 Å². The van der Waals surface area contributed by atoms with Gasteiger partial charge < -0.3 is 10.4 Å². The monoisotopic (exact) mass is 354 g/mol. The highest BCUT2D eigenvalue weighted by Gasteiger charge is 2.15. The van der Waals surface area contributed by atoms with Crippen LogP contribution in [0.2, 0.25) is 0 Å². The second-order valence-electron chi connectivity index (χ2n) is 4.07. The van der Waals surface area contributed by atoms with Gasteiger partial charge in [0.25, 0.3) is 11.6 Å². The summed E-state index contributed by atoms with van der Waals surface area (Å²) < 4.78 is 13.9. The van der Waals surface area contributed by atoms with Crippen LogP contribution in [0.25, 0.3) is 0 Å². The molecule has 2 N–H and O–H groups in total. The number of phenols is 1. The molecule has 0 aliphatic rings. The molecule has 0 saturated heterocycles. The zero-order valence-electron chi connectivity index (χ0n) is 10.3. The lowest BCUT2D eigenvalue weighted by atomic mass is 10.2. The topological polar surface area (TPSA) is 92.5 Å². The third-order valence-electron chi connectivity index (χ3n) is 2.56. The van der Waals surface area contributed by atoms with E-state index in [1.807, 2.05) is 0 Å². The minimum Gasteiger partial charge on any atom is -0.508 e. The molecule has 21 heavy (non-hydrogen) atoms. The number of phenolic OH excluding ortho intramolecular Hbond substituents is 1. The Kier molecular flexibility index (Phi) is 4.18. The van der Waals surface area contributed by atoms with E-state index in [9.17, 15) is 19.3 Å². The van der Waals surface area contributed by atoms with E-state index in [0.717, 1.165) is 12.1 Å². The summed E-state index contributed by atoms with van der Waals surface area (Å²) in [6, 6.07) is 6.95. The molecule has 0 radical (unpaired) electrons. The van der Waals surface area contributed by atoms with Gasteiger partial charge in [-0.05, 0) is 18.2 Å². The van der Waals surface area contributed by atoms with Crippen molar-refractivity contribution in [3.05, 3.63) is 62.4 Å². The molecule has 1 amide bonds. The van der Waals surface area contributed by atoms with Crippen molar-refractivity contribution in [1.82, 2.24) is 0 Å². The number of anilines is 1. The first-order valence-corrected chi connectivity index (χ1v) is 6.41. The Bertz CT molecular complexity index is 736. The number of carbonyl (C=O) groups is 1. The van der Waals surface area contributed by atoms with E-state index in [-0.39, 0.29) is 22.7 Å². The van der Waals surface area contributed by atoms with Crippen molar-refractivity contribution >= 4 is 33.2 Å². The maximum Gasteiger partial charge on any atom is 0.271 e. The first-order valence-electron chi connectivity index (χ1n) is 5.61. The minimum absolute atomic E-state index is 0.00329. The van der Waals surface area contributed by atoms with Gasteiger partial charge in [-0.1, -0.05) is 15.9 Å². The molecule has 0 spiro atoms. The van der Waals surface area contributed by atoms with Gasteiger partial charge >= 0.3 is 0 Å². The number of nitro benzene ring substituents is 1. The summed E-state index contributed by atoms with van der Waals surface area (Å²) in [5, 5.41) is 22.1. The quantitative estimate of drug-likeness (QED) is 0.501. The van der Waals surface area contributed by atoms with Crippen LogP contribution in [0, 0.1) is 15.9 Å². The van der Waals surface area contributed by atoms with Gasteiger partial charge in [-0.2, -0.15) is 0 Å². The number of nitrogens with one attached hydrogen (secondary N) is 1. The number of nitro groups is 1. The number of aromatic hydroxyl groups is 1. The minimum atomic E-state index is -0.812. The standard InChI is InChI=1S/C13H8BrFN2O4/c14-8-3-7(4-9(5-8)17(20)21)13(19)16-12-2-1-10(18)6-11(12)15/h1-6,18H,(H,16,19). The van der Waals surface area contributed by atoms with Gasteiger partial charge in [0, 0.05) is 28.2 Å². The Balaban J connectivity index is 2.30. The van der Waals surface area contributed by atoms with Crippen LogP contribution in [-0.4, -0.2) is 15.9 Å². The van der Waals surface area contributed by atoms with Gasteiger partial charge in [-0.3, -0.25) is 14.9 Å². The number of carbonyl (C=O) groups excluding carboxylic acids is 1. The van der Waals surface area contributed by atoms with E-state index in [4.69, 9.17) is 5.11 Å². The van der Waals surface area contributed by atoms with Crippen molar-refractivity contribution in [2.75, 3.05) is 5.32 Å². The summed E-state index contributed by atoms with van der Waals surface area (Å²) in [4.78, 5) is 22.1. The molecule has 0 saturated carbocycles.